The lowest BCUT2D eigenvalue weighted by Gasteiger charge is -1.89. The van der Waals surface area contributed by atoms with Crippen LogP contribution < -0.4 is 0 Å². The van der Waals surface area contributed by atoms with Crippen LogP contribution in [0, 0.1) is 0 Å². The highest BCUT2D eigenvalue weighted by molar-refractivity contribution is 5.32. The van der Waals surface area contributed by atoms with Crippen molar-refractivity contribution in [2.45, 2.75) is 20.3 Å². The van der Waals surface area contributed by atoms with Crippen LogP contribution in [0.15, 0.2) is 48.6 Å². The van der Waals surface area contributed by atoms with E-state index in [0.717, 1.165) is 6.42 Å². The van der Waals surface area contributed by atoms with Gasteiger partial charge in [-0.15, -0.1) is 0 Å². The Morgan fingerprint density at radius 2 is 2.09 bits per heavy atom. The van der Waals surface area contributed by atoms with Gasteiger partial charge in [0.1, 0.15) is 0 Å². The molecule has 0 aliphatic heterocycles. The Kier molecular flexibility index (Phi) is 6.40. The van der Waals surface area contributed by atoms with Crippen LogP contribution in [0.25, 0.3) is 0 Å². The Balaban J connectivity index is 4.22. The Labute approximate surface area is 69.6 Å². The van der Waals surface area contributed by atoms with Crippen LogP contribution in [0.5, 0.6) is 0 Å². The Morgan fingerprint density at radius 3 is 2.55 bits per heavy atom. The molecule has 0 rings (SSSR count). The van der Waals surface area contributed by atoms with E-state index in [1.54, 1.807) is 6.08 Å². The van der Waals surface area contributed by atoms with Gasteiger partial charge in [-0.1, -0.05) is 50.0 Å². The SMILES string of the molecule is C=C/C=C(\C=C/C)/C=C/CC. The van der Waals surface area contributed by atoms with Crippen LogP contribution >= 0.6 is 0 Å². The first kappa shape index (κ1) is 9.96. The summed E-state index contributed by atoms with van der Waals surface area (Å²) >= 11 is 0. The fourth-order valence-corrected chi connectivity index (χ4v) is 0.749. The lowest BCUT2D eigenvalue weighted by Crippen LogP contribution is -1.68. The fraction of sp³-hybridized carbons (Fsp3) is 0.273. The summed E-state index contributed by atoms with van der Waals surface area (Å²) in [5.41, 5.74) is 1.20. The van der Waals surface area contributed by atoms with Crippen molar-refractivity contribution in [1.29, 1.82) is 0 Å². The van der Waals surface area contributed by atoms with E-state index in [-0.39, 0.29) is 0 Å². The second-order valence-electron chi connectivity index (χ2n) is 2.21. The molecule has 0 spiro atoms. The maximum Gasteiger partial charge on any atom is -0.0263 e. The summed E-state index contributed by atoms with van der Waals surface area (Å²) in [5, 5.41) is 0. The minimum absolute atomic E-state index is 1.08. The van der Waals surface area contributed by atoms with Crippen LogP contribution in [-0.4, -0.2) is 0 Å². The number of hydrogen-bond donors (Lipinski definition) is 0. The number of hydrogen-bond acceptors (Lipinski definition) is 0. The summed E-state index contributed by atoms with van der Waals surface area (Å²) in [4.78, 5) is 0. The van der Waals surface area contributed by atoms with Gasteiger partial charge in [0, 0.05) is 0 Å². The summed E-state index contributed by atoms with van der Waals surface area (Å²) in [7, 11) is 0. The first-order valence-corrected chi connectivity index (χ1v) is 3.97. The van der Waals surface area contributed by atoms with Gasteiger partial charge >= 0.3 is 0 Å². The van der Waals surface area contributed by atoms with E-state index >= 15 is 0 Å². The molecule has 0 bridgehead atoms. The molecule has 0 amide bonds. The molecule has 0 heteroatoms. The van der Waals surface area contributed by atoms with Crippen LogP contribution in [0.2, 0.25) is 0 Å². The average Bonchev–Trinajstić information content (AvgIpc) is 2.01. The third-order valence-electron chi connectivity index (χ3n) is 1.22. The van der Waals surface area contributed by atoms with Crippen molar-refractivity contribution < 1.29 is 0 Å². The van der Waals surface area contributed by atoms with E-state index < -0.39 is 0 Å². The van der Waals surface area contributed by atoms with Gasteiger partial charge in [0.2, 0.25) is 0 Å². The standard InChI is InChI=1S/C11H16/c1-4-7-10-11(8-5-2)9-6-3/h5-10H,2,4H2,1,3H3/b9-6-,10-7+,11-8+. The van der Waals surface area contributed by atoms with Crippen LogP contribution in [-0.2, 0) is 0 Å². The Morgan fingerprint density at radius 1 is 1.36 bits per heavy atom. The molecular formula is C11H16. The van der Waals surface area contributed by atoms with E-state index in [2.05, 4.69) is 31.7 Å². The number of allylic oxidation sites excluding steroid dienone is 7. The molecule has 60 valence electrons. The normalized spacial score (nSPS) is 13.1. The average molecular weight is 148 g/mol. The molecule has 0 nitrogen and oxygen atoms in total. The van der Waals surface area contributed by atoms with Gasteiger partial charge in [0.15, 0.2) is 0 Å². The van der Waals surface area contributed by atoms with Gasteiger partial charge in [-0.3, -0.25) is 0 Å². The highest BCUT2D eigenvalue weighted by atomic mass is 13.9. The predicted molar refractivity (Wildman–Crippen MR) is 52.5 cm³/mol. The Bertz CT molecular complexity index is 180. The molecular weight excluding hydrogens is 132 g/mol. The zero-order valence-electron chi connectivity index (χ0n) is 7.38. The van der Waals surface area contributed by atoms with Crippen molar-refractivity contribution in [2.24, 2.45) is 0 Å². The van der Waals surface area contributed by atoms with Gasteiger partial charge in [-0.25, -0.2) is 0 Å². The first-order valence-electron chi connectivity index (χ1n) is 3.97. The summed E-state index contributed by atoms with van der Waals surface area (Å²) in [5.74, 6) is 0. The molecule has 0 saturated carbocycles. The zero-order valence-corrected chi connectivity index (χ0v) is 7.38. The predicted octanol–water partition coefficient (Wildman–Crippen LogP) is 3.64. The summed E-state index contributed by atoms with van der Waals surface area (Å²) in [6, 6.07) is 0. The summed E-state index contributed by atoms with van der Waals surface area (Å²) in [6.45, 7) is 7.78. The molecule has 0 saturated heterocycles. The monoisotopic (exact) mass is 148 g/mol. The second-order valence-corrected chi connectivity index (χ2v) is 2.21. The van der Waals surface area contributed by atoms with Crippen LogP contribution in [0.4, 0.5) is 0 Å². The molecule has 0 atom stereocenters. The largest absolute Gasteiger partial charge is 0.0990 e. The van der Waals surface area contributed by atoms with E-state index in [9.17, 15) is 0 Å². The maximum absolute atomic E-state index is 3.65. The first-order chi connectivity index (χ1) is 5.35. The molecule has 0 aromatic carbocycles. The van der Waals surface area contributed by atoms with Gasteiger partial charge in [-0.2, -0.15) is 0 Å². The van der Waals surface area contributed by atoms with E-state index in [4.69, 9.17) is 0 Å². The van der Waals surface area contributed by atoms with Crippen molar-refractivity contribution in [1.82, 2.24) is 0 Å². The third-order valence-corrected chi connectivity index (χ3v) is 1.22. The van der Waals surface area contributed by atoms with Crippen molar-refractivity contribution in [2.75, 3.05) is 0 Å². The van der Waals surface area contributed by atoms with Gasteiger partial charge < -0.3 is 0 Å². The zero-order chi connectivity index (χ0) is 8.53. The second kappa shape index (κ2) is 7.07. The molecule has 0 aromatic heterocycles. The van der Waals surface area contributed by atoms with Crippen molar-refractivity contribution in [3.63, 3.8) is 0 Å². The minimum atomic E-state index is 1.08. The molecule has 0 aliphatic rings. The molecule has 0 unspecified atom stereocenters. The fourth-order valence-electron chi connectivity index (χ4n) is 0.749. The highest BCUT2D eigenvalue weighted by Gasteiger charge is 1.79. The van der Waals surface area contributed by atoms with Gasteiger partial charge in [-0.05, 0) is 18.9 Å². The summed E-state index contributed by atoms with van der Waals surface area (Å²) < 4.78 is 0. The maximum atomic E-state index is 3.65. The quantitative estimate of drug-likeness (QED) is 0.534. The smallest absolute Gasteiger partial charge is 0.0263 e. The molecule has 11 heavy (non-hydrogen) atoms. The van der Waals surface area contributed by atoms with Gasteiger partial charge in [0.05, 0.1) is 0 Å². The molecule has 0 aliphatic carbocycles. The lowest BCUT2D eigenvalue weighted by molar-refractivity contribution is 1.22. The van der Waals surface area contributed by atoms with E-state index in [1.807, 2.05) is 19.1 Å². The highest BCUT2D eigenvalue weighted by Crippen LogP contribution is 2.00. The van der Waals surface area contributed by atoms with Crippen LogP contribution in [0.3, 0.4) is 0 Å². The third kappa shape index (κ3) is 5.41. The number of rotatable bonds is 4. The van der Waals surface area contributed by atoms with Gasteiger partial charge in [0.25, 0.3) is 0 Å². The van der Waals surface area contributed by atoms with Crippen molar-refractivity contribution in [3.05, 3.63) is 48.6 Å². The minimum Gasteiger partial charge on any atom is -0.0990 e. The Hall–Kier alpha value is -1.04. The molecule has 0 radical (unpaired) electrons. The lowest BCUT2D eigenvalue weighted by atomic mass is 10.2. The summed E-state index contributed by atoms with van der Waals surface area (Å²) in [6.07, 6.45) is 13.2. The van der Waals surface area contributed by atoms with E-state index in [0.29, 0.717) is 0 Å². The van der Waals surface area contributed by atoms with Crippen LogP contribution in [0.1, 0.15) is 20.3 Å². The van der Waals surface area contributed by atoms with Crippen molar-refractivity contribution >= 4 is 0 Å². The molecule has 0 aromatic rings. The molecule has 0 fully saturated rings. The molecule has 0 heterocycles. The molecule has 0 N–H and O–H groups in total. The topological polar surface area (TPSA) is 0 Å². The van der Waals surface area contributed by atoms with E-state index in [1.165, 1.54) is 5.57 Å². The van der Waals surface area contributed by atoms with Crippen molar-refractivity contribution in [3.8, 4) is 0 Å².